The lowest BCUT2D eigenvalue weighted by molar-refractivity contribution is 0.111. The topological polar surface area (TPSA) is 26.3 Å². The van der Waals surface area contributed by atoms with E-state index in [4.69, 9.17) is 4.74 Å². The quantitative estimate of drug-likeness (QED) is 0.692. The highest BCUT2D eigenvalue weighted by molar-refractivity contribution is 5.81. The van der Waals surface area contributed by atoms with Crippen molar-refractivity contribution >= 4 is 6.29 Å². The van der Waals surface area contributed by atoms with Gasteiger partial charge in [0.2, 0.25) is 0 Å². The first-order valence-electron chi connectivity index (χ1n) is 4.57. The van der Waals surface area contributed by atoms with E-state index in [2.05, 4.69) is 0 Å². The highest BCUT2D eigenvalue weighted by Crippen LogP contribution is 2.24. The number of halogens is 1. The zero-order valence-corrected chi connectivity index (χ0v) is 8.34. The van der Waals surface area contributed by atoms with Gasteiger partial charge in [-0.1, -0.05) is 13.0 Å². The fourth-order valence-electron chi connectivity index (χ4n) is 1.17. The Hall–Kier alpha value is -1.38. The van der Waals surface area contributed by atoms with Crippen molar-refractivity contribution < 1.29 is 13.9 Å². The van der Waals surface area contributed by atoms with Crippen LogP contribution in [-0.2, 0) is 0 Å². The molecule has 0 unspecified atom stereocenters. The molecule has 0 aromatic heterocycles. The van der Waals surface area contributed by atoms with E-state index < -0.39 is 5.82 Å². The molecule has 0 fully saturated rings. The molecule has 14 heavy (non-hydrogen) atoms. The second-order valence-corrected chi connectivity index (χ2v) is 3.07. The van der Waals surface area contributed by atoms with Gasteiger partial charge < -0.3 is 4.74 Å². The molecule has 76 valence electrons. The fourth-order valence-corrected chi connectivity index (χ4v) is 1.17. The molecule has 0 spiro atoms. The van der Waals surface area contributed by atoms with Gasteiger partial charge in [-0.3, -0.25) is 4.79 Å². The molecule has 1 aromatic carbocycles. The van der Waals surface area contributed by atoms with Crippen LogP contribution in [0, 0.1) is 12.7 Å². The van der Waals surface area contributed by atoms with Gasteiger partial charge in [0.1, 0.15) is 0 Å². The lowest BCUT2D eigenvalue weighted by Gasteiger charge is -2.09. The summed E-state index contributed by atoms with van der Waals surface area (Å²) >= 11 is 0. The predicted molar refractivity (Wildman–Crippen MR) is 52.3 cm³/mol. The van der Waals surface area contributed by atoms with E-state index in [0.717, 1.165) is 12.0 Å². The maximum Gasteiger partial charge on any atom is 0.165 e. The molecular formula is C11H13FO2. The zero-order chi connectivity index (χ0) is 10.6. The number of carbonyl (C=O) groups excluding carboxylic acids is 1. The smallest absolute Gasteiger partial charge is 0.165 e. The first-order valence-corrected chi connectivity index (χ1v) is 4.57. The second-order valence-electron chi connectivity index (χ2n) is 3.07. The van der Waals surface area contributed by atoms with Crippen LogP contribution in [0.15, 0.2) is 12.1 Å². The van der Waals surface area contributed by atoms with E-state index in [1.54, 1.807) is 13.0 Å². The molecule has 2 nitrogen and oxygen atoms in total. The van der Waals surface area contributed by atoms with Crippen molar-refractivity contribution in [3.63, 3.8) is 0 Å². The van der Waals surface area contributed by atoms with Crippen LogP contribution in [0.2, 0.25) is 0 Å². The van der Waals surface area contributed by atoms with Crippen molar-refractivity contribution in [2.24, 2.45) is 0 Å². The maximum absolute atomic E-state index is 13.3. The van der Waals surface area contributed by atoms with Crippen molar-refractivity contribution in [1.29, 1.82) is 0 Å². The van der Waals surface area contributed by atoms with Gasteiger partial charge in [0.05, 0.1) is 12.2 Å². The SMILES string of the molecule is CCCOc1c(F)ccc(C)c1C=O. The van der Waals surface area contributed by atoms with Crippen LogP contribution in [0.4, 0.5) is 4.39 Å². The van der Waals surface area contributed by atoms with E-state index in [9.17, 15) is 9.18 Å². The molecule has 0 bridgehead atoms. The molecule has 0 atom stereocenters. The highest BCUT2D eigenvalue weighted by Gasteiger charge is 2.11. The molecule has 0 amide bonds. The average molecular weight is 196 g/mol. The monoisotopic (exact) mass is 196 g/mol. The lowest BCUT2D eigenvalue weighted by atomic mass is 10.1. The number of carbonyl (C=O) groups is 1. The molecule has 0 radical (unpaired) electrons. The normalized spacial score (nSPS) is 9.93. The second kappa shape index (κ2) is 4.74. The van der Waals surface area contributed by atoms with E-state index >= 15 is 0 Å². The van der Waals surface area contributed by atoms with Crippen LogP contribution in [0.1, 0.15) is 29.3 Å². The Balaban J connectivity index is 3.09. The summed E-state index contributed by atoms with van der Waals surface area (Å²) in [5, 5.41) is 0. The number of rotatable bonds is 4. The highest BCUT2D eigenvalue weighted by atomic mass is 19.1. The molecule has 0 aliphatic rings. The van der Waals surface area contributed by atoms with Gasteiger partial charge in [0.15, 0.2) is 17.9 Å². The van der Waals surface area contributed by atoms with Gasteiger partial charge >= 0.3 is 0 Å². The lowest BCUT2D eigenvalue weighted by Crippen LogP contribution is -2.02. The number of ether oxygens (including phenoxy) is 1. The van der Waals surface area contributed by atoms with Gasteiger partial charge in [-0.2, -0.15) is 0 Å². The van der Waals surface area contributed by atoms with Gasteiger partial charge in [0, 0.05) is 0 Å². The maximum atomic E-state index is 13.3. The number of aldehydes is 1. The predicted octanol–water partition coefficient (Wildman–Crippen LogP) is 2.74. The molecule has 0 aliphatic heterocycles. The summed E-state index contributed by atoms with van der Waals surface area (Å²) in [7, 11) is 0. The van der Waals surface area contributed by atoms with Crippen molar-refractivity contribution in [3.8, 4) is 5.75 Å². The Kier molecular flexibility index (Phi) is 3.63. The van der Waals surface area contributed by atoms with Gasteiger partial charge in [-0.05, 0) is 25.0 Å². The van der Waals surface area contributed by atoms with Crippen molar-refractivity contribution in [3.05, 3.63) is 29.1 Å². The van der Waals surface area contributed by atoms with Gasteiger partial charge in [0.25, 0.3) is 0 Å². The van der Waals surface area contributed by atoms with Crippen LogP contribution in [-0.4, -0.2) is 12.9 Å². The van der Waals surface area contributed by atoms with E-state index in [1.165, 1.54) is 6.07 Å². The largest absolute Gasteiger partial charge is 0.490 e. The van der Waals surface area contributed by atoms with Gasteiger partial charge in [-0.25, -0.2) is 4.39 Å². The Bertz CT molecular complexity index is 334. The minimum absolute atomic E-state index is 0.0712. The Morgan fingerprint density at radius 1 is 1.50 bits per heavy atom. The van der Waals surface area contributed by atoms with E-state index in [1.807, 2.05) is 6.92 Å². The number of hydrogen-bond donors (Lipinski definition) is 0. The molecule has 0 saturated carbocycles. The van der Waals surface area contributed by atoms with Crippen LogP contribution in [0.5, 0.6) is 5.75 Å². The zero-order valence-electron chi connectivity index (χ0n) is 8.34. The molecule has 0 N–H and O–H groups in total. The summed E-state index contributed by atoms with van der Waals surface area (Å²) in [6.07, 6.45) is 1.41. The minimum Gasteiger partial charge on any atom is -0.490 e. The first kappa shape index (κ1) is 10.7. The number of hydrogen-bond acceptors (Lipinski definition) is 2. The molecule has 1 aromatic rings. The first-order chi connectivity index (χ1) is 6.70. The van der Waals surface area contributed by atoms with Crippen LogP contribution in [0.25, 0.3) is 0 Å². The summed E-state index contributed by atoms with van der Waals surface area (Å²) in [6, 6.07) is 2.88. The van der Waals surface area contributed by atoms with Gasteiger partial charge in [-0.15, -0.1) is 0 Å². The third-order valence-corrected chi connectivity index (χ3v) is 1.93. The summed E-state index contributed by atoms with van der Waals surface area (Å²) in [5.41, 5.74) is 1.03. The molecule has 0 saturated heterocycles. The Labute approximate surface area is 82.7 Å². The van der Waals surface area contributed by atoms with Crippen molar-refractivity contribution in [2.75, 3.05) is 6.61 Å². The molecular weight excluding hydrogens is 183 g/mol. The number of benzene rings is 1. The third kappa shape index (κ3) is 2.10. The van der Waals surface area contributed by atoms with Crippen LogP contribution >= 0.6 is 0 Å². The van der Waals surface area contributed by atoms with E-state index in [0.29, 0.717) is 18.5 Å². The summed E-state index contributed by atoms with van der Waals surface area (Å²) in [4.78, 5) is 10.7. The number of aryl methyl sites for hydroxylation is 1. The van der Waals surface area contributed by atoms with Crippen molar-refractivity contribution in [2.45, 2.75) is 20.3 Å². The minimum atomic E-state index is -0.480. The van der Waals surface area contributed by atoms with Crippen LogP contribution < -0.4 is 4.74 Å². The Morgan fingerprint density at radius 2 is 2.21 bits per heavy atom. The molecule has 0 heterocycles. The summed E-state index contributed by atoms with van der Waals surface area (Å²) in [6.45, 7) is 4.09. The molecule has 0 aliphatic carbocycles. The Morgan fingerprint density at radius 3 is 2.79 bits per heavy atom. The van der Waals surface area contributed by atoms with Crippen LogP contribution in [0.3, 0.4) is 0 Å². The van der Waals surface area contributed by atoms with E-state index in [-0.39, 0.29) is 5.75 Å². The summed E-state index contributed by atoms with van der Waals surface area (Å²) < 4.78 is 18.4. The molecule has 1 rings (SSSR count). The van der Waals surface area contributed by atoms with Crippen molar-refractivity contribution in [1.82, 2.24) is 0 Å². The average Bonchev–Trinajstić information content (AvgIpc) is 2.19. The molecule has 3 heteroatoms. The summed E-state index contributed by atoms with van der Waals surface area (Å²) in [5.74, 6) is -0.409. The third-order valence-electron chi connectivity index (χ3n) is 1.93. The fraction of sp³-hybridized carbons (Fsp3) is 0.364. The standard InChI is InChI=1S/C11H13FO2/c1-3-6-14-11-9(7-13)8(2)4-5-10(11)12/h4-5,7H,3,6H2,1-2H3.